The van der Waals surface area contributed by atoms with Crippen LogP contribution in [0.5, 0.6) is 11.5 Å². The molecular weight excluding hydrogens is 382 g/mol. The molecule has 0 saturated carbocycles. The van der Waals surface area contributed by atoms with Crippen molar-refractivity contribution in [3.8, 4) is 11.5 Å². The number of methoxy groups -OCH3 is 1. The molecule has 2 aromatic rings. The van der Waals surface area contributed by atoms with Crippen molar-refractivity contribution in [2.75, 3.05) is 13.7 Å². The molecule has 0 radical (unpaired) electrons. The van der Waals surface area contributed by atoms with Crippen LogP contribution in [0.4, 0.5) is 0 Å². The maximum absolute atomic E-state index is 12.6. The Hall–Kier alpha value is -1.57. The van der Waals surface area contributed by atoms with E-state index in [-0.39, 0.29) is 10.9 Å². The zero-order valence-electron chi connectivity index (χ0n) is 12.5. The number of fused-ring (bicyclic) bond motifs is 1. The summed E-state index contributed by atoms with van der Waals surface area (Å²) in [5.41, 5.74) is 0.856. The summed E-state index contributed by atoms with van der Waals surface area (Å²) in [6.07, 6.45) is 0.591. The van der Waals surface area contributed by atoms with E-state index < -0.39 is 10.0 Å². The lowest BCUT2D eigenvalue weighted by Gasteiger charge is -2.26. The molecule has 0 aromatic heterocycles. The Bertz CT molecular complexity index is 823. The van der Waals surface area contributed by atoms with Crippen LogP contribution in [0.2, 0.25) is 0 Å². The van der Waals surface area contributed by atoms with Crippen molar-refractivity contribution < 1.29 is 17.9 Å². The molecule has 0 aliphatic carbocycles. The van der Waals surface area contributed by atoms with E-state index in [1.165, 1.54) is 19.2 Å². The zero-order chi connectivity index (χ0) is 16.4. The predicted octanol–water partition coefficient (Wildman–Crippen LogP) is 3.26. The summed E-state index contributed by atoms with van der Waals surface area (Å²) in [6, 6.07) is 11.9. The smallest absolute Gasteiger partial charge is 0.241 e. The van der Waals surface area contributed by atoms with E-state index in [9.17, 15) is 8.42 Å². The Morgan fingerprint density at radius 1 is 1.26 bits per heavy atom. The van der Waals surface area contributed by atoms with Crippen LogP contribution in [0.3, 0.4) is 0 Å². The van der Waals surface area contributed by atoms with Crippen LogP contribution in [0.1, 0.15) is 18.0 Å². The molecule has 2 aromatic carbocycles. The third-order valence-electron chi connectivity index (χ3n) is 3.69. The van der Waals surface area contributed by atoms with Crippen LogP contribution < -0.4 is 14.2 Å². The average Bonchev–Trinajstić information content (AvgIpc) is 2.55. The van der Waals surface area contributed by atoms with Gasteiger partial charge >= 0.3 is 0 Å². The largest absolute Gasteiger partial charge is 0.496 e. The highest BCUT2D eigenvalue weighted by atomic mass is 79.9. The molecule has 23 heavy (non-hydrogen) atoms. The maximum Gasteiger partial charge on any atom is 0.241 e. The minimum absolute atomic E-state index is 0.189. The van der Waals surface area contributed by atoms with E-state index >= 15 is 0 Å². The van der Waals surface area contributed by atoms with Crippen molar-refractivity contribution in [2.45, 2.75) is 17.4 Å². The number of ether oxygens (including phenoxy) is 2. The number of hydrogen-bond donors (Lipinski definition) is 1. The zero-order valence-corrected chi connectivity index (χ0v) is 14.9. The Morgan fingerprint density at radius 3 is 2.78 bits per heavy atom. The van der Waals surface area contributed by atoms with E-state index in [1.54, 1.807) is 6.07 Å². The lowest BCUT2D eigenvalue weighted by molar-refractivity contribution is 0.263. The summed E-state index contributed by atoms with van der Waals surface area (Å²) in [6.45, 7) is 0.483. The quantitative estimate of drug-likeness (QED) is 0.859. The Balaban J connectivity index is 1.89. The summed E-state index contributed by atoms with van der Waals surface area (Å²) >= 11 is 3.31. The molecule has 0 saturated heterocycles. The first kappa shape index (κ1) is 16.3. The Morgan fingerprint density at radius 2 is 2.04 bits per heavy atom. The molecule has 0 amide bonds. The van der Waals surface area contributed by atoms with Gasteiger partial charge in [-0.25, -0.2) is 13.1 Å². The highest BCUT2D eigenvalue weighted by Crippen LogP contribution is 2.33. The molecule has 3 rings (SSSR count). The van der Waals surface area contributed by atoms with Crippen LogP contribution in [0.25, 0.3) is 0 Å². The molecule has 122 valence electrons. The highest BCUT2D eigenvalue weighted by molar-refractivity contribution is 9.10. The van der Waals surface area contributed by atoms with Crippen molar-refractivity contribution >= 4 is 26.0 Å². The van der Waals surface area contributed by atoms with Gasteiger partial charge < -0.3 is 9.47 Å². The SMILES string of the molecule is COc1ccc(S(=O)(=O)N[C@@H]2CCOc3ccccc32)cc1Br. The highest BCUT2D eigenvalue weighted by Gasteiger charge is 2.26. The van der Waals surface area contributed by atoms with Crippen LogP contribution in [-0.2, 0) is 10.0 Å². The van der Waals surface area contributed by atoms with Crippen molar-refractivity contribution in [3.05, 3.63) is 52.5 Å². The van der Waals surface area contributed by atoms with Gasteiger partial charge in [-0.3, -0.25) is 0 Å². The number of para-hydroxylation sites is 1. The van der Waals surface area contributed by atoms with Crippen molar-refractivity contribution in [2.24, 2.45) is 0 Å². The molecule has 0 unspecified atom stereocenters. The van der Waals surface area contributed by atoms with Crippen molar-refractivity contribution in [3.63, 3.8) is 0 Å². The lowest BCUT2D eigenvalue weighted by atomic mass is 10.0. The van der Waals surface area contributed by atoms with Gasteiger partial charge in [0.1, 0.15) is 11.5 Å². The molecule has 1 N–H and O–H groups in total. The van der Waals surface area contributed by atoms with E-state index in [0.717, 1.165) is 11.3 Å². The maximum atomic E-state index is 12.6. The van der Waals surface area contributed by atoms with Crippen molar-refractivity contribution in [1.82, 2.24) is 4.72 Å². The van der Waals surface area contributed by atoms with E-state index in [4.69, 9.17) is 9.47 Å². The monoisotopic (exact) mass is 397 g/mol. The summed E-state index contributed by atoms with van der Waals surface area (Å²) in [7, 11) is -2.11. The minimum atomic E-state index is -3.64. The van der Waals surface area contributed by atoms with Gasteiger partial charge in [0.15, 0.2) is 0 Å². The molecular formula is C16H16BrNO4S. The molecule has 7 heteroatoms. The molecule has 0 spiro atoms. The Kier molecular flexibility index (Phi) is 4.61. The lowest BCUT2D eigenvalue weighted by Crippen LogP contribution is -2.32. The van der Waals surface area contributed by atoms with Crippen molar-refractivity contribution in [1.29, 1.82) is 0 Å². The minimum Gasteiger partial charge on any atom is -0.496 e. The first-order chi connectivity index (χ1) is 11.0. The molecule has 0 fully saturated rings. The average molecular weight is 398 g/mol. The number of nitrogens with one attached hydrogen (secondary N) is 1. The van der Waals surface area contributed by atoms with Gasteiger partial charge in [0.05, 0.1) is 29.1 Å². The fourth-order valence-corrected chi connectivity index (χ4v) is 4.50. The number of hydrogen-bond acceptors (Lipinski definition) is 4. The molecule has 1 aliphatic heterocycles. The number of sulfonamides is 1. The molecule has 0 bridgehead atoms. The topological polar surface area (TPSA) is 64.6 Å². The predicted molar refractivity (Wildman–Crippen MR) is 90.3 cm³/mol. The van der Waals surface area contributed by atoms with Gasteiger partial charge in [-0.15, -0.1) is 0 Å². The molecule has 1 heterocycles. The molecule has 1 atom stereocenters. The molecule has 5 nitrogen and oxygen atoms in total. The first-order valence-corrected chi connectivity index (χ1v) is 9.36. The van der Waals surface area contributed by atoms with Gasteiger partial charge in [-0.05, 0) is 40.2 Å². The molecule has 1 aliphatic rings. The fraction of sp³-hybridized carbons (Fsp3) is 0.250. The van der Waals surface area contributed by atoms with Gasteiger partial charge in [0, 0.05) is 12.0 Å². The third kappa shape index (κ3) is 3.36. The standard InChI is InChI=1S/C16H16BrNO4S/c1-21-16-7-6-11(10-13(16)17)23(19,20)18-14-8-9-22-15-5-3-2-4-12(14)15/h2-7,10,14,18H,8-9H2,1H3/t14-/m1/s1. The number of rotatable bonds is 4. The van der Waals surface area contributed by atoms with Gasteiger partial charge in [0.25, 0.3) is 0 Å². The fourth-order valence-electron chi connectivity index (χ4n) is 2.53. The van der Waals surface area contributed by atoms with Gasteiger partial charge in [-0.2, -0.15) is 0 Å². The second kappa shape index (κ2) is 6.51. The second-order valence-electron chi connectivity index (χ2n) is 5.15. The van der Waals surface area contributed by atoms with E-state index in [0.29, 0.717) is 23.2 Å². The van der Waals surface area contributed by atoms with Crippen LogP contribution in [0.15, 0.2) is 51.8 Å². The second-order valence-corrected chi connectivity index (χ2v) is 7.71. The number of benzene rings is 2. The summed E-state index contributed by atoms with van der Waals surface area (Å²) in [5, 5.41) is 0. The van der Waals surface area contributed by atoms with Gasteiger partial charge in [0.2, 0.25) is 10.0 Å². The summed E-state index contributed by atoms with van der Waals surface area (Å²) in [4.78, 5) is 0.189. The van der Waals surface area contributed by atoms with Gasteiger partial charge in [-0.1, -0.05) is 18.2 Å². The number of halogens is 1. The Labute approximate surface area is 143 Å². The first-order valence-electron chi connectivity index (χ1n) is 7.09. The van der Waals surface area contributed by atoms with Crippen LogP contribution >= 0.6 is 15.9 Å². The normalized spacial score (nSPS) is 17.2. The summed E-state index contributed by atoms with van der Waals surface area (Å²) < 4.78 is 39.3. The van der Waals surface area contributed by atoms with E-state index in [1.807, 2.05) is 24.3 Å². The third-order valence-corrected chi connectivity index (χ3v) is 5.78. The summed E-state index contributed by atoms with van der Waals surface area (Å²) in [5.74, 6) is 1.31. The van der Waals surface area contributed by atoms with E-state index in [2.05, 4.69) is 20.7 Å². The van der Waals surface area contributed by atoms with Crippen LogP contribution in [-0.4, -0.2) is 22.1 Å². The van der Waals surface area contributed by atoms with Crippen LogP contribution in [0, 0.1) is 0 Å².